The molecule has 33 heavy (non-hydrogen) atoms. The Kier molecular flexibility index (Phi) is 7.59. The van der Waals surface area contributed by atoms with Gasteiger partial charge < -0.3 is 14.6 Å². The minimum absolute atomic E-state index is 0.00519. The average Bonchev–Trinajstić information content (AvgIpc) is 3.26. The summed E-state index contributed by atoms with van der Waals surface area (Å²) in [6.07, 6.45) is 1.09. The first kappa shape index (κ1) is 24.1. The van der Waals surface area contributed by atoms with Gasteiger partial charge in [0.25, 0.3) is 0 Å². The van der Waals surface area contributed by atoms with E-state index in [0.29, 0.717) is 17.1 Å². The summed E-state index contributed by atoms with van der Waals surface area (Å²) in [4.78, 5) is 16.4. The van der Waals surface area contributed by atoms with Crippen molar-refractivity contribution in [3.63, 3.8) is 0 Å². The number of amides is 1. The number of nitrogens with one attached hydrogen (secondary N) is 1. The Balaban J connectivity index is 1.52. The second-order valence-corrected chi connectivity index (χ2v) is 8.96. The number of ether oxygens (including phenoxy) is 1. The Hall–Kier alpha value is -3.54. The third-order valence-corrected chi connectivity index (χ3v) is 5.78. The minimum Gasteiger partial charge on any atom is -0.497 e. The zero-order valence-electron chi connectivity index (χ0n) is 17.9. The van der Waals surface area contributed by atoms with Gasteiger partial charge in [-0.25, -0.2) is 17.2 Å². The number of methoxy groups -OCH3 is 1. The normalized spacial score (nSPS) is 11.3. The van der Waals surface area contributed by atoms with Gasteiger partial charge in [-0.15, -0.1) is 0 Å². The van der Waals surface area contributed by atoms with Crippen molar-refractivity contribution < 1.29 is 31.3 Å². The van der Waals surface area contributed by atoms with Crippen molar-refractivity contribution in [2.24, 2.45) is 0 Å². The van der Waals surface area contributed by atoms with Crippen LogP contribution < -0.4 is 14.4 Å². The first-order valence-corrected chi connectivity index (χ1v) is 11.7. The lowest BCUT2D eigenvalue weighted by Gasteiger charge is -2.22. The van der Waals surface area contributed by atoms with E-state index >= 15 is 0 Å². The van der Waals surface area contributed by atoms with Crippen molar-refractivity contribution in [2.45, 2.75) is 19.4 Å². The van der Waals surface area contributed by atoms with E-state index in [9.17, 15) is 22.0 Å². The van der Waals surface area contributed by atoms with Crippen LogP contribution in [0.5, 0.6) is 5.75 Å². The molecule has 2 aromatic carbocycles. The number of benzene rings is 2. The molecule has 9 nitrogen and oxygen atoms in total. The number of halogens is 2. The maximum atomic E-state index is 13.5. The Bertz CT molecular complexity index is 1230. The first-order chi connectivity index (χ1) is 15.7. The summed E-state index contributed by atoms with van der Waals surface area (Å²) in [5.74, 6) is -1.43. The van der Waals surface area contributed by atoms with Crippen LogP contribution in [0.15, 0.2) is 47.0 Å². The van der Waals surface area contributed by atoms with Crippen LogP contribution in [0.2, 0.25) is 0 Å². The van der Waals surface area contributed by atoms with Gasteiger partial charge in [0.2, 0.25) is 27.6 Å². The molecule has 0 bridgehead atoms. The van der Waals surface area contributed by atoms with E-state index in [-0.39, 0.29) is 43.4 Å². The summed E-state index contributed by atoms with van der Waals surface area (Å²) in [6.45, 7) is -0.0906. The van der Waals surface area contributed by atoms with Crippen LogP contribution in [0.1, 0.15) is 18.7 Å². The van der Waals surface area contributed by atoms with Crippen molar-refractivity contribution in [3.8, 4) is 17.1 Å². The second kappa shape index (κ2) is 10.4. The molecule has 0 aliphatic carbocycles. The predicted molar refractivity (Wildman–Crippen MR) is 116 cm³/mol. The SMILES string of the molecule is COc1cccc(-c2noc(CNC(=O)CCCN(c3ccc(F)c(F)c3)S(C)(=O)=O)n2)c1. The summed E-state index contributed by atoms with van der Waals surface area (Å²) in [7, 11) is -2.21. The van der Waals surface area contributed by atoms with Gasteiger partial charge in [-0.05, 0) is 30.7 Å². The van der Waals surface area contributed by atoms with E-state index < -0.39 is 21.7 Å². The summed E-state index contributed by atoms with van der Waals surface area (Å²) >= 11 is 0. The summed E-state index contributed by atoms with van der Waals surface area (Å²) in [5, 5.41) is 6.49. The number of carbonyl (C=O) groups excluding carboxylic acids is 1. The number of carbonyl (C=O) groups is 1. The number of anilines is 1. The molecule has 0 atom stereocenters. The Morgan fingerprint density at radius 1 is 1.18 bits per heavy atom. The highest BCUT2D eigenvalue weighted by Gasteiger charge is 2.19. The molecule has 3 aromatic rings. The number of rotatable bonds is 10. The molecule has 0 saturated carbocycles. The summed E-state index contributed by atoms with van der Waals surface area (Å²) < 4.78 is 62.0. The molecule has 0 aliphatic rings. The molecular weight excluding hydrogens is 458 g/mol. The lowest BCUT2D eigenvalue weighted by molar-refractivity contribution is -0.121. The average molecular weight is 480 g/mol. The van der Waals surface area contributed by atoms with Gasteiger partial charge in [-0.1, -0.05) is 17.3 Å². The van der Waals surface area contributed by atoms with Crippen molar-refractivity contribution in [1.29, 1.82) is 0 Å². The fourth-order valence-electron chi connectivity index (χ4n) is 2.98. The lowest BCUT2D eigenvalue weighted by Crippen LogP contribution is -2.32. The van der Waals surface area contributed by atoms with Crippen LogP contribution in [0, 0.1) is 11.6 Å². The van der Waals surface area contributed by atoms with Crippen LogP contribution in [0.4, 0.5) is 14.5 Å². The van der Waals surface area contributed by atoms with E-state index in [1.54, 1.807) is 31.4 Å². The van der Waals surface area contributed by atoms with E-state index in [0.717, 1.165) is 28.8 Å². The van der Waals surface area contributed by atoms with Crippen molar-refractivity contribution >= 4 is 21.6 Å². The molecule has 1 aromatic heterocycles. The van der Waals surface area contributed by atoms with Crippen molar-refractivity contribution in [3.05, 3.63) is 60.0 Å². The van der Waals surface area contributed by atoms with E-state index in [4.69, 9.17) is 9.26 Å². The molecule has 1 heterocycles. The Labute approximate surface area is 189 Å². The largest absolute Gasteiger partial charge is 0.497 e. The molecule has 0 radical (unpaired) electrons. The standard InChI is InChI=1S/C21H22F2N4O5S/c1-31-16-6-3-5-14(11-16)21-25-20(32-26-21)13-24-19(28)7-4-10-27(33(2,29)30)15-8-9-17(22)18(23)12-15/h3,5-6,8-9,11-12H,4,7,10,13H2,1-2H3,(H,24,28). The zero-order chi connectivity index (χ0) is 24.0. The van der Waals surface area contributed by atoms with Crippen LogP contribution >= 0.6 is 0 Å². The monoisotopic (exact) mass is 480 g/mol. The molecule has 0 unspecified atom stereocenters. The highest BCUT2D eigenvalue weighted by atomic mass is 32.2. The minimum atomic E-state index is -3.76. The predicted octanol–water partition coefficient (Wildman–Crippen LogP) is 2.89. The Morgan fingerprint density at radius 3 is 2.67 bits per heavy atom. The van der Waals surface area contributed by atoms with Gasteiger partial charge in [0.15, 0.2) is 11.6 Å². The van der Waals surface area contributed by atoms with Gasteiger partial charge in [-0.3, -0.25) is 9.10 Å². The maximum Gasteiger partial charge on any atom is 0.246 e. The van der Waals surface area contributed by atoms with Gasteiger partial charge in [0, 0.05) is 24.6 Å². The van der Waals surface area contributed by atoms with Crippen LogP contribution in [0.3, 0.4) is 0 Å². The molecule has 12 heteroatoms. The highest BCUT2D eigenvalue weighted by molar-refractivity contribution is 7.92. The molecule has 0 aliphatic heterocycles. The van der Waals surface area contributed by atoms with Crippen molar-refractivity contribution in [1.82, 2.24) is 15.5 Å². The molecular formula is C21H22F2N4O5S. The Morgan fingerprint density at radius 2 is 1.97 bits per heavy atom. The van der Waals surface area contributed by atoms with Crippen LogP contribution in [0.25, 0.3) is 11.4 Å². The first-order valence-electron chi connectivity index (χ1n) is 9.84. The second-order valence-electron chi connectivity index (χ2n) is 7.06. The number of sulfonamides is 1. The van der Waals surface area contributed by atoms with E-state index in [2.05, 4.69) is 15.5 Å². The molecule has 0 spiro atoms. The summed E-state index contributed by atoms with van der Waals surface area (Å²) in [5.41, 5.74) is 0.668. The molecule has 3 rings (SSSR count). The fourth-order valence-corrected chi connectivity index (χ4v) is 3.94. The number of hydrogen-bond acceptors (Lipinski definition) is 7. The third kappa shape index (κ3) is 6.48. The zero-order valence-corrected chi connectivity index (χ0v) is 18.7. The lowest BCUT2D eigenvalue weighted by atomic mass is 10.2. The molecule has 0 fully saturated rings. The van der Waals surface area contributed by atoms with Gasteiger partial charge in [0.1, 0.15) is 5.75 Å². The quantitative estimate of drug-likeness (QED) is 0.475. The number of hydrogen-bond donors (Lipinski definition) is 1. The third-order valence-electron chi connectivity index (χ3n) is 4.59. The van der Waals surface area contributed by atoms with Crippen LogP contribution in [-0.4, -0.2) is 44.4 Å². The summed E-state index contributed by atoms with van der Waals surface area (Å²) in [6, 6.07) is 9.90. The molecule has 1 amide bonds. The van der Waals surface area contributed by atoms with Crippen LogP contribution in [-0.2, 0) is 21.4 Å². The number of nitrogens with zero attached hydrogens (tertiary/aromatic N) is 3. The van der Waals surface area contributed by atoms with E-state index in [1.165, 1.54) is 0 Å². The van der Waals surface area contributed by atoms with Gasteiger partial charge >= 0.3 is 0 Å². The maximum absolute atomic E-state index is 13.5. The topological polar surface area (TPSA) is 115 Å². The molecule has 1 N–H and O–H groups in total. The highest BCUT2D eigenvalue weighted by Crippen LogP contribution is 2.22. The molecule has 0 saturated heterocycles. The number of aromatic nitrogens is 2. The molecule has 176 valence electrons. The van der Waals surface area contributed by atoms with E-state index in [1.807, 2.05) is 0 Å². The smallest absolute Gasteiger partial charge is 0.246 e. The van der Waals surface area contributed by atoms with Crippen molar-refractivity contribution in [2.75, 3.05) is 24.2 Å². The fraction of sp³-hybridized carbons (Fsp3) is 0.286. The van der Waals surface area contributed by atoms with Gasteiger partial charge in [-0.2, -0.15) is 4.98 Å². The van der Waals surface area contributed by atoms with Gasteiger partial charge in [0.05, 0.1) is 25.6 Å².